The lowest BCUT2D eigenvalue weighted by Crippen LogP contribution is -2.05. The van der Waals surface area contributed by atoms with Crippen molar-refractivity contribution in [1.29, 1.82) is 0 Å². The zero-order valence-electron chi connectivity index (χ0n) is 31.0. The van der Waals surface area contributed by atoms with Crippen LogP contribution in [0, 0.1) is 5.92 Å². The third kappa shape index (κ3) is 6.14. The maximum Gasteiger partial charge on any atom is 0.136 e. The number of hydrogen-bond acceptors (Lipinski definition) is 2. The van der Waals surface area contributed by atoms with Gasteiger partial charge in [0.15, 0.2) is 0 Å². The van der Waals surface area contributed by atoms with Crippen LogP contribution < -0.4 is 0 Å². The average molecular weight is 708 g/mol. The van der Waals surface area contributed by atoms with Gasteiger partial charge in [0.2, 0.25) is 0 Å². The van der Waals surface area contributed by atoms with E-state index in [0.717, 1.165) is 59.2 Å². The molecule has 0 bridgehead atoms. The number of benzene rings is 7. The molecule has 2 heterocycles. The second kappa shape index (κ2) is 14.0. The van der Waals surface area contributed by atoms with Crippen LogP contribution in [0.1, 0.15) is 54.0 Å². The third-order valence-electron chi connectivity index (χ3n) is 11.5. The Balaban J connectivity index is 1.03. The molecule has 0 fully saturated rings. The Labute approximate surface area is 322 Å². The van der Waals surface area contributed by atoms with E-state index in [1.54, 1.807) is 0 Å². The van der Waals surface area contributed by atoms with Crippen LogP contribution in [0.25, 0.3) is 66.6 Å². The Kier molecular flexibility index (Phi) is 8.45. The Bertz CT molecular complexity index is 2820. The molecule has 264 valence electrons. The van der Waals surface area contributed by atoms with Crippen LogP contribution in [-0.2, 0) is 6.42 Å². The van der Waals surface area contributed by atoms with Crippen LogP contribution in [0.3, 0.4) is 0 Å². The third-order valence-corrected chi connectivity index (χ3v) is 11.5. The molecule has 1 aromatic heterocycles. The number of allylic oxidation sites excluding steroid dienone is 3. The van der Waals surface area contributed by atoms with E-state index in [1.165, 1.54) is 66.6 Å². The molecule has 0 amide bonds. The van der Waals surface area contributed by atoms with Crippen LogP contribution in [0.5, 0.6) is 0 Å². The normalized spacial score (nSPS) is 18.4. The maximum atomic E-state index is 6.27. The van der Waals surface area contributed by atoms with Gasteiger partial charge in [-0.05, 0) is 123 Å². The summed E-state index contributed by atoms with van der Waals surface area (Å²) in [5.74, 6) is 0.328. The number of fused-ring (bicyclic) bond motifs is 6. The van der Waals surface area contributed by atoms with Crippen molar-refractivity contribution in [2.75, 3.05) is 0 Å². The van der Waals surface area contributed by atoms with Gasteiger partial charge >= 0.3 is 0 Å². The molecule has 0 N–H and O–H groups in total. The first-order valence-electron chi connectivity index (χ1n) is 19.5. The van der Waals surface area contributed by atoms with E-state index in [4.69, 9.17) is 9.41 Å². The molecule has 7 aromatic carbocycles. The molecule has 0 saturated carbocycles. The van der Waals surface area contributed by atoms with Gasteiger partial charge in [-0.2, -0.15) is 0 Å². The highest BCUT2D eigenvalue weighted by molar-refractivity contribution is 6.12. The second-order valence-corrected chi connectivity index (χ2v) is 15.0. The molecule has 10 rings (SSSR count). The lowest BCUT2D eigenvalue weighted by molar-refractivity contribution is 0.669. The quantitative estimate of drug-likeness (QED) is 0.175. The minimum absolute atomic E-state index is 0.328. The van der Waals surface area contributed by atoms with Crippen LogP contribution in [0.4, 0.5) is 0 Å². The molecule has 0 saturated heterocycles. The lowest BCUT2D eigenvalue weighted by atomic mass is 9.86. The summed E-state index contributed by atoms with van der Waals surface area (Å²) >= 11 is 0. The van der Waals surface area contributed by atoms with E-state index < -0.39 is 0 Å². The molecular formula is C53H41NO. The van der Waals surface area contributed by atoms with Gasteiger partial charge in [0.25, 0.3) is 0 Å². The summed E-state index contributed by atoms with van der Waals surface area (Å²) in [5.41, 5.74) is 19.5. The Morgan fingerprint density at radius 3 is 2.09 bits per heavy atom. The van der Waals surface area contributed by atoms with Crippen molar-refractivity contribution in [1.82, 2.24) is 0 Å². The predicted molar refractivity (Wildman–Crippen MR) is 231 cm³/mol. The van der Waals surface area contributed by atoms with Crippen molar-refractivity contribution < 1.29 is 4.42 Å². The number of furan rings is 1. The number of para-hydroxylation sites is 1. The zero-order valence-corrected chi connectivity index (χ0v) is 31.0. The molecule has 8 aromatic rings. The van der Waals surface area contributed by atoms with Crippen LogP contribution in [0.2, 0.25) is 0 Å². The van der Waals surface area contributed by atoms with Crippen LogP contribution in [0.15, 0.2) is 185 Å². The number of hydrogen-bond donors (Lipinski definition) is 0. The molecule has 2 heteroatoms. The summed E-state index contributed by atoms with van der Waals surface area (Å²) < 4.78 is 6.27. The van der Waals surface area contributed by atoms with E-state index in [9.17, 15) is 0 Å². The van der Waals surface area contributed by atoms with Gasteiger partial charge in [0.1, 0.15) is 11.2 Å². The van der Waals surface area contributed by atoms with Crippen molar-refractivity contribution in [3.8, 4) is 33.4 Å². The average Bonchev–Trinajstić information content (AvgIpc) is 3.82. The first-order chi connectivity index (χ1) is 27.2. The van der Waals surface area contributed by atoms with Crippen LogP contribution >= 0.6 is 0 Å². The second-order valence-electron chi connectivity index (χ2n) is 15.0. The van der Waals surface area contributed by atoms with Gasteiger partial charge in [0.05, 0.1) is 5.70 Å². The van der Waals surface area contributed by atoms with E-state index in [-0.39, 0.29) is 0 Å². The molecule has 0 spiro atoms. The smallest absolute Gasteiger partial charge is 0.136 e. The molecule has 2 aliphatic rings. The Hall–Kier alpha value is -6.51. The maximum absolute atomic E-state index is 6.27. The molecule has 1 aliphatic heterocycles. The highest BCUT2D eigenvalue weighted by atomic mass is 16.3. The summed E-state index contributed by atoms with van der Waals surface area (Å²) in [6.45, 7) is 2.36. The van der Waals surface area contributed by atoms with Crippen molar-refractivity contribution >= 4 is 38.9 Å². The zero-order chi connectivity index (χ0) is 36.7. The first kappa shape index (κ1) is 33.1. The van der Waals surface area contributed by atoms with E-state index >= 15 is 0 Å². The fourth-order valence-corrected chi connectivity index (χ4v) is 8.78. The minimum Gasteiger partial charge on any atom is -0.456 e. The molecule has 1 unspecified atom stereocenters. The highest BCUT2D eigenvalue weighted by Crippen LogP contribution is 2.46. The van der Waals surface area contributed by atoms with Gasteiger partial charge in [-0.3, -0.25) is 4.99 Å². The van der Waals surface area contributed by atoms with Gasteiger partial charge in [0, 0.05) is 16.5 Å². The molecule has 1 atom stereocenters. The van der Waals surface area contributed by atoms with Gasteiger partial charge in [-0.25, -0.2) is 0 Å². The topological polar surface area (TPSA) is 25.5 Å². The predicted octanol–water partition coefficient (Wildman–Crippen LogP) is 14.2. The van der Waals surface area contributed by atoms with Crippen LogP contribution in [-0.4, -0.2) is 5.71 Å². The molecule has 55 heavy (non-hydrogen) atoms. The largest absolute Gasteiger partial charge is 0.456 e. The number of aliphatic imine (C=N–C) groups is 1. The van der Waals surface area contributed by atoms with Crippen molar-refractivity contribution in [3.05, 3.63) is 204 Å². The number of rotatable bonds is 5. The molecule has 2 nitrogen and oxygen atoms in total. The van der Waals surface area contributed by atoms with E-state index in [2.05, 4.69) is 177 Å². The summed E-state index contributed by atoms with van der Waals surface area (Å²) in [6, 6.07) is 59.3. The number of nitrogens with zero attached hydrogens (tertiary/aromatic N) is 1. The fourth-order valence-electron chi connectivity index (χ4n) is 8.78. The molecule has 0 radical (unpaired) electrons. The summed E-state index contributed by atoms with van der Waals surface area (Å²) in [7, 11) is 0. The molecule has 1 aliphatic carbocycles. The van der Waals surface area contributed by atoms with Gasteiger partial charge in [-0.1, -0.05) is 159 Å². The van der Waals surface area contributed by atoms with Gasteiger partial charge < -0.3 is 4.42 Å². The Morgan fingerprint density at radius 1 is 0.527 bits per heavy atom. The van der Waals surface area contributed by atoms with Crippen molar-refractivity contribution in [2.24, 2.45) is 10.9 Å². The SMILES string of the molecule is CC1C/C=C(c2ccccc2)/N=C(/c2ccccc2)CC/C=C\1c1cccc(-c2cccc3c2-c2cc(-c4cccc5oc6ccccc6c45)ccc2C3)c1. The van der Waals surface area contributed by atoms with Gasteiger partial charge in [-0.15, -0.1) is 0 Å². The molecular weight excluding hydrogens is 667 g/mol. The Morgan fingerprint density at radius 2 is 1.22 bits per heavy atom. The summed E-state index contributed by atoms with van der Waals surface area (Å²) in [4.78, 5) is 5.31. The fraction of sp³-hybridized carbons (Fsp3) is 0.113. The summed E-state index contributed by atoms with van der Waals surface area (Å²) in [5, 5.41) is 2.34. The summed E-state index contributed by atoms with van der Waals surface area (Å²) in [6.07, 6.45) is 8.47. The van der Waals surface area contributed by atoms with Crippen molar-refractivity contribution in [2.45, 2.75) is 32.6 Å². The highest BCUT2D eigenvalue weighted by Gasteiger charge is 2.24. The van der Waals surface area contributed by atoms with E-state index in [1.807, 2.05) is 6.07 Å². The minimum atomic E-state index is 0.328. The van der Waals surface area contributed by atoms with Crippen molar-refractivity contribution in [3.63, 3.8) is 0 Å². The first-order valence-corrected chi connectivity index (χ1v) is 19.5. The van der Waals surface area contributed by atoms with E-state index in [0.29, 0.717) is 5.92 Å². The standard InChI is InChI=1S/C53H41NO/c1-35-28-31-49(37-16-6-3-7-17-37)54-48(36-14-4-2-5-15-36)25-12-22-43(35)38-18-10-19-39(32-38)44-23-11-20-42-33-40-29-30-41(34-47(40)52(42)44)45-24-13-27-51-53(45)46-21-8-9-26-50(46)55-51/h2-11,13-24,26-27,29-32,34-35H,12,25,28,33H2,1H3/b43-22+,49-31+,54-48+. The monoisotopic (exact) mass is 707 g/mol. The lowest BCUT2D eigenvalue weighted by Gasteiger charge is -2.19.